The van der Waals surface area contributed by atoms with Gasteiger partial charge in [-0.05, 0) is 17.9 Å². The minimum absolute atomic E-state index is 0.840. The maximum absolute atomic E-state index is 6.04. The molecule has 0 N–H and O–H groups in total. The summed E-state index contributed by atoms with van der Waals surface area (Å²) in [4.78, 5) is 0. The molecule has 0 radical (unpaired) electrons. The van der Waals surface area contributed by atoms with Crippen molar-refractivity contribution < 1.29 is 4.74 Å². The molecule has 1 nitrogen and oxygen atoms in total. The van der Waals surface area contributed by atoms with Crippen LogP contribution >= 0.6 is 0 Å². The zero-order valence-corrected chi connectivity index (χ0v) is 19.0. The number of fused-ring (bicyclic) bond motifs is 1. The largest absolute Gasteiger partial charge is 0.493 e. The van der Waals surface area contributed by atoms with Crippen molar-refractivity contribution in [2.24, 2.45) is 0 Å². The Kier molecular flexibility index (Phi) is 13.4. The summed E-state index contributed by atoms with van der Waals surface area (Å²) in [6.07, 6.45) is 22.5. The van der Waals surface area contributed by atoms with Crippen molar-refractivity contribution in [3.8, 4) is 5.75 Å². The molecular weight excluding hydrogens is 352 g/mol. The van der Waals surface area contributed by atoms with E-state index >= 15 is 0 Å². The lowest BCUT2D eigenvalue weighted by atomic mass is 10.0. The number of ether oxygens (including phenoxy) is 1. The van der Waals surface area contributed by atoms with Crippen molar-refractivity contribution in [1.29, 1.82) is 0 Å². The van der Waals surface area contributed by atoms with Gasteiger partial charge < -0.3 is 4.74 Å². The quantitative estimate of drug-likeness (QED) is 0.228. The van der Waals surface area contributed by atoms with Gasteiger partial charge in [0, 0.05) is 5.39 Å². The van der Waals surface area contributed by atoms with Crippen molar-refractivity contribution in [2.75, 3.05) is 6.61 Å². The molecule has 0 atom stereocenters. The Morgan fingerprint density at radius 3 is 1.59 bits per heavy atom. The Labute approximate surface area is 180 Å². The normalized spacial score (nSPS) is 11.2. The highest BCUT2D eigenvalue weighted by atomic mass is 16.5. The van der Waals surface area contributed by atoms with Gasteiger partial charge in [0.2, 0.25) is 0 Å². The first-order chi connectivity index (χ1) is 14.4. The van der Waals surface area contributed by atoms with Gasteiger partial charge in [0.1, 0.15) is 5.75 Å². The van der Waals surface area contributed by atoms with E-state index in [0.717, 1.165) is 12.4 Å². The predicted octanol–water partition coefficient (Wildman–Crippen LogP) is 9.48. The van der Waals surface area contributed by atoms with Crippen LogP contribution in [0.25, 0.3) is 10.8 Å². The third-order valence-corrected chi connectivity index (χ3v) is 6.01. The van der Waals surface area contributed by atoms with Crippen LogP contribution in [0.2, 0.25) is 0 Å². The Balaban J connectivity index is 1.35. The van der Waals surface area contributed by atoms with Crippen LogP contribution in [0.1, 0.15) is 110 Å². The Morgan fingerprint density at radius 2 is 1.00 bits per heavy atom. The molecule has 2 rings (SSSR count). The summed E-state index contributed by atoms with van der Waals surface area (Å²) in [7, 11) is 0. The van der Waals surface area contributed by atoms with E-state index in [1.807, 2.05) is 0 Å². The molecule has 0 heterocycles. The van der Waals surface area contributed by atoms with E-state index in [2.05, 4.69) is 49.4 Å². The first-order valence-electron chi connectivity index (χ1n) is 12.5. The number of rotatable bonds is 18. The smallest absolute Gasteiger partial charge is 0.127 e. The highest BCUT2D eigenvalue weighted by Crippen LogP contribution is 2.25. The lowest BCUT2D eigenvalue weighted by Gasteiger charge is -2.09. The average Bonchev–Trinajstić information content (AvgIpc) is 2.76. The lowest BCUT2D eigenvalue weighted by molar-refractivity contribution is 0.307. The second-order valence-electron chi connectivity index (χ2n) is 8.63. The van der Waals surface area contributed by atoms with Gasteiger partial charge in [-0.25, -0.2) is 0 Å². The highest BCUT2D eigenvalue weighted by molar-refractivity contribution is 5.88. The van der Waals surface area contributed by atoms with Crippen LogP contribution in [0.5, 0.6) is 5.75 Å². The van der Waals surface area contributed by atoms with Gasteiger partial charge in [0.15, 0.2) is 0 Å². The summed E-state index contributed by atoms with van der Waals surface area (Å²) in [6.45, 7) is 3.13. The van der Waals surface area contributed by atoms with Crippen LogP contribution in [0.3, 0.4) is 0 Å². The summed E-state index contributed by atoms with van der Waals surface area (Å²) in [5.41, 5.74) is 0. The van der Waals surface area contributed by atoms with Gasteiger partial charge in [-0.1, -0.05) is 140 Å². The Morgan fingerprint density at radius 1 is 0.517 bits per heavy atom. The van der Waals surface area contributed by atoms with E-state index < -0.39 is 0 Å². The van der Waals surface area contributed by atoms with Gasteiger partial charge in [-0.15, -0.1) is 0 Å². The van der Waals surface area contributed by atoms with Crippen LogP contribution in [-0.2, 0) is 0 Å². The molecule has 0 aromatic heterocycles. The molecule has 29 heavy (non-hydrogen) atoms. The molecule has 0 unspecified atom stereocenters. The number of hydrogen-bond donors (Lipinski definition) is 0. The number of hydrogen-bond acceptors (Lipinski definition) is 1. The van der Waals surface area contributed by atoms with Crippen LogP contribution < -0.4 is 4.74 Å². The summed E-state index contributed by atoms with van der Waals surface area (Å²) < 4.78 is 6.04. The highest BCUT2D eigenvalue weighted by Gasteiger charge is 2.01. The number of unbranched alkanes of at least 4 members (excludes halogenated alkanes) is 15. The van der Waals surface area contributed by atoms with Crippen molar-refractivity contribution in [2.45, 2.75) is 110 Å². The van der Waals surface area contributed by atoms with Crippen LogP contribution in [0, 0.1) is 0 Å². The van der Waals surface area contributed by atoms with Gasteiger partial charge >= 0.3 is 0 Å². The van der Waals surface area contributed by atoms with Crippen molar-refractivity contribution in [1.82, 2.24) is 0 Å². The molecular formula is C28H44O. The van der Waals surface area contributed by atoms with Crippen molar-refractivity contribution in [3.05, 3.63) is 42.5 Å². The van der Waals surface area contributed by atoms with E-state index in [-0.39, 0.29) is 0 Å². The Bertz CT molecular complexity index is 628. The minimum atomic E-state index is 0.840. The zero-order chi connectivity index (χ0) is 20.4. The molecule has 0 spiro atoms. The van der Waals surface area contributed by atoms with Crippen LogP contribution in [0.15, 0.2) is 42.5 Å². The summed E-state index contributed by atoms with van der Waals surface area (Å²) in [6, 6.07) is 14.8. The summed E-state index contributed by atoms with van der Waals surface area (Å²) in [5, 5.41) is 2.49. The molecule has 2 aromatic rings. The van der Waals surface area contributed by atoms with Crippen molar-refractivity contribution >= 4 is 10.8 Å². The molecule has 2 aromatic carbocycles. The van der Waals surface area contributed by atoms with E-state index in [0.29, 0.717) is 0 Å². The molecule has 0 aliphatic heterocycles. The Hall–Kier alpha value is -1.50. The minimum Gasteiger partial charge on any atom is -0.493 e. The topological polar surface area (TPSA) is 9.23 Å². The van der Waals surface area contributed by atoms with Gasteiger partial charge in [-0.3, -0.25) is 0 Å². The maximum Gasteiger partial charge on any atom is 0.127 e. The molecule has 0 amide bonds. The van der Waals surface area contributed by atoms with Gasteiger partial charge in [-0.2, -0.15) is 0 Å². The fourth-order valence-electron chi connectivity index (χ4n) is 4.15. The van der Waals surface area contributed by atoms with Crippen LogP contribution in [0.4, 0.5) is 0 Å². The average molecular weight is 397 g/mol. The molecule has 0 aliphatic carbocycles. The van der Waals surface area contributed by atoms with E-state index in [1.54, 1.807) is 0 Å². The standard InChI is InChI=1S/C28H44O/c1-2-3-4-5-6-7-8-9-10-11-12-13-14-15-16-19-25-29-28-24-20-22-26-21-17-18-23-27(26)28/h17-18,20-24H,2-16,19,25H2,1H3. The van der Waals surface area contributed by atoms with Crippen molar-refractivity contribution in [3.63, 3.8) is 0 Å². The molecule has 0 aliphatic rings. The monoisotopic (exact) mass is 396 g/mol. The van der Waals surface area contributed by atoms with Gasteiger partial charge in [0.25, 0.3) is 0 Å². The lowest BCUT2D eigenvalue weighted by Crippen LogP contribution is -1.97. The zero-order valence-electron chi connectivity index (χ0n) is 19.0. The first kappa shape index (κ1) is 23.8. The fraction of sp³-hybridized carbons (Fsp3) is 0.643. The third kappa shape index (κ3) is 10.7. The predicted molar refractivity (Wildman–Crippen MR) is 129 cm³/mol. The summed E-state index contributed by atoms with van der Waals surface area (Å²) in [5.74, 6) is 1.03. The molecule has 0 saturated carbocycles. The first-order valence-corrected chi connectivity index (χ1v) is 12.5. The fourth-order valence-corrected chi connectivity index (χ4v) is 4.15. The third-order valence-electron chi connectivity index (χ3n) is 6.01. The van der Waals surface area contributed by atoms with E-state index in [9.17, 15) is 0 Å². The second kappa shape index (κ2) is 16.3. The molecule has 0 fully saturated rings. The van der Waals surface area contributed by atoms with Crippen LogP contribution in [-0.4, -0.2) is 6.61 Å². The molecule has 0 bridgehead atoms. The maximum atomic E-state index is 6.04. The van der Waals surface area contributed by atoms with E-state index in [1.165, 1.54) is 114 Å². The second-order valence-corrected chi connectivity index (χ2v) is 8.63. The molecule has 162 valence electrons. The van der Waals surface area contributed by atoms with E-state index in [4.69, 9.17) is 4.74 Å². The number of benzene rings is 2. The summed E-state index contributed by atoms with van der Waals surface area (Å²) >= 11 is 0. The SMILES string of the molecule is CCCCCCCCCCCCCCCCCCOc1cccc2ccccc12. The molecule has 1 heteroatoms. The molecule has 0 saturated heterocycles. The van der Waals surface area contributed by atoms with Gasteiger partial charge in [0.05, 0.1) is 6.61 Å².